The molecule has 0 saturated heterocycles. The third-order valence-corrected chi connectivity index (χ3v) is 6.14. The van der Waals surface area contributed by atoms with Crippen molar-refractivity contribution in [2.75, 3.05) is 19.0 Å². The molecule has 32 heavy (non-hydrogen) atoms. The van der Waals surface area contributed by atoms with Crippen LogP contribution < -0.4 is 15.4 Å². The van der Waals surface area contributed by atoms with Gasteiger partial charge in [0.1, 0.15) is 10.6 Å². The average molecular weight is 451 g/mol. The number of fused-ring (bicyclic) bond motifs is 1. The predicted octanol–water partition coefficient (Wildman–Crippen LogP) is 4.25. The van der Waals surface area contributed by atoms with Gasteiger partial charge in [-0.1, -0.05) is 6.07 Å². The van der Waals surface area contributed by atoms with Crippen molar-refractivity contribution in [3.8, 4) is 17.3 Å². The molecule has 0 atom stereocenters. The first kappa shape index (κ1) is 21.5. The van der Waals surface area contributed by atoms with E-state index in [0.29, 0.717) is 32.7 Å². The van der Waals surface area contributed by atoms with E-state index < -0.39 is 0 Å². The predicted molar refractivity (Wildman–Crippen MR) is 123 cm³/mol. The highest BCUT2D eigenvalue weighted by atomic mass is 32.1. The molecule has 0 radical (unpaired) electrons. The molecule has 0 aliphatic carbocycles. The van der Waals surface area contributed by atoms with Gasteiger partial charge in [0, 0.05) is 5.39 Å². The zero-order valence-corrected chi connectivity index (χ0v) is 18.9. The number of carbonyl (C=O) groups is 2. The Balaban J connectivity index is 1.50. The van der Waals surface area contributed by atoms with Gasteiger partial charge in [-0.3, -0.25) is 9.59 Å². The number of thiophene rings is 1. The summed E-state index contributed by atoms with van der Waals surface area (Å²) in [6, 6.07) is 9.05. The number of nitrogens with zero attached hydrogens (tertiary/aromatic N) is 2. The van der Waals surface area contributed by atoms with Crippen LogP contribution in [0.3, 0.4) is 0 Å². The van der Waals surface area contributed by atoms with Crippen LogP contribution in [0.5, 0.6) is 5.75 Å². The van der Waals surface area contributed by atoms with Gasteiger partial charge in [0.2, 0.25) is 5.91 Å². The maximum absolute atomic E-state index is 12.8. The van der Waals surface area contributed by atoms with Crippen LogP contribution in [0.15, 0.2) is 41.0 Å². The van der Waals surface area contributed by atoms with Crippen molar-refractivity contribution in [1.29, 1.82) is 0 Å². The molecule has 4 aromatic rings. The van der Waals surface area contributed by atoms with Crippen LogP contribution in [0, 0.1) is 20.8 Å². The number of aryl methyl sites for hydroxylation is 3. The zero-order valence-electron chi connectivity index (χ0n) is 18.1. The summed E-state index contributed by atoms with van der Waals surface area (Å²) in [4.78, 5) is 35.5. The van der Waals surface area contributed by atoms with E-state index in [2.05, 4.69) is 20.6 Å². The number of nitrogens with one attached hydrogen (secondary N) is 2. The molecule has 0 aliphatic heterocycles. The fourth-order valence-electron chi connectivity index (χ4n) is 3.43. The molecule has 3 aromatic heterocycles. The molecule has 0 aliphatic rings. The summed E-state index contributed by atoms with van der Waals surface area (Å²) in [7, 11) is 1.54. The number of rotatable bonds is 6. The summed E-state index contributed by atoms with van der Waals surface area (Å²) < 4.78 is 10.7. The number of ether oxygens (including phenoxy) is 1. The van der Waals surface area contributed by atoms with Gasteiger partial charge in [-0.15, -0.1) is 11.3 Å². The third-order valence-electron chi connectivity index (χ3n) is 4.96. The first-order valence-corrected chi connectivity index (χ1v) is 10.7. The minimum absolute atomic E-state index is 0.175. The van der Waals surface area contributed by atoms with E-state index >= 15 is 0 Å². The topological polar surface area (TPSA) is 106 Å². The molecule has 1 aromatic carbocycles. The Kier molecular flexibility index (Phi) is 5.91. The van der Waals surface area contributed by atoms with Crippen LogP contribution >= 0.6 is 11.3 Å². The molecular weight excluding hydrogens is 428 g/mol. The van der Waals surface area contributed by atoms with Crippen molar-refractivity contribution < 1.29 is 18.7 Å². The number of hydrogen-bond donors (Lipinski definition) is 2. The molecule has 2 N–H and O–H groups in total. The molecule has 0 spiro atoms. The monoisotopic (exact) mass is 450 g/mol. The van der Waals surface area contributed by atoms with E-state index in [0.717, 1.165) is 22.2 Å². The van der Waals surface area contributed by atoms with Crippen LogP contribution in [0.1, 0.15) is 26.5 Å². The second-order valence-electron chi connectivity index (χ2n) is 7.28. The highest BCUT2D eigenvalue weighted by molar-refractivity contribution is 7.20. The number of amides is 2. The van der Waals surface area contributed by atoms with Crippen molar-refractivity contribution in [1.82, 2.24) is 15.3 Å². The second-order valence-corrected chi connectivity index (χ2v) is 8.28. The van der Waals surface area contributed by atoms with Crippen LogP contribution in [0.25, 0.3) is 21.8 Å². The summed E-state index contributed by atoms with van der Waals surface area (Å²) >= 11 is 1.26. The Labute approximate surface area is 188 Å². The molecule has 0 unspecified atom stereocenters. The molecule has 0 fully saturated rings. The lowest BCUT2D eigenvalue weighted by Gasteiger charge is -2.11. The molecule has 164 valence electrons. The van der Waals surface area contributed by atoms with Gasteiger partial charge in [-0.2, -0.15) is 0 Å². The van der Waals surface area contributed by atoms with Crippen molar-refractivity contribution >= 4 is 39.1 Å². The molecule has 3 heterocycles. The van der Waals surface area contributed by atoms with Crippen LogP contribution in [-0.2, 0) is 4.79 Å². The van der Waals surface area contributed by atoms with Gasteiger partial charge >= 0.3 is 0 Å². The lowest BCUT2D eigenvalue weighted by molar-refractivity contribution is -0.115. The molecule has 4 rings (SSSR count). The summed E-state index contributed by atoms with van der Waals surface area (Å²) in [6.07, 6.45) is 1.56. The van der Waals surface area contributed by atoms with Gasteiger partial charge in [-0.05, 0) is 56.2 Å². The number of aromatic nitrogens is 2. The van der Waals surface area contributed by atoms with Crippen LogP contribution in [-0.4, -0.2) is 35.4 Å². The summed E-state index contributed by atoms with van der Waals surface area (Å²) in [6.45, 7) is 5.48. The van der Waals surface area contributed by atoms with Crippen molar-refractivity contribution in [3.05, 3.63) is 58.3 Å². The number of anilines is 1. The van der Waals surface area contributed by atoms with Crippen LogP contribution in [0.4, 0.5) is 5.69 Å². The number of benzene rings is 1. The number of methoxy groups -OCH3 is 1. The first-order valence-electron chi connectivity index (χ1n) is 9.91. The largest absolute Gasteiger partial charge is 0.495 e. The fourth-order valence-corrected chi connectivity index (χ4v) is 4.57. The Morgan fingerprint density at radius 3 is 2.69 bits per heavy atom. The fraction of sp³-hybridized carbons (Fsp3) is 0.217. The number of carbonyl (C=O) groups excluding carboxylic acids is 2. The number of furan rings is 1. The average Bonchev–Trinajstić information content (AvgIpc) is 3.41. The summed E-state index contributed by atoms with van der Waals surface area (Å²) in [5, 5.41) is 6.30. The molecule has 9 heteroatoms. The van der Waals surface area contributed by atoms with E-state index in [9.17, 15) is 9.59 Å². The maximum Gasteiger partial charge on any atom is 0.262 e. The molecule has 0 bridgehead atoms. The van der Waals surface area contributed by atoms with Gasteiger partial charge in [0.25, 0.3) is 5.91 Å². The summed E-state index contributed by atoms with van der Waals surface area (Å²) in [5.74, 6) is 0.903. The van der Waals surface area contributed by atoms with E-state index in [1.165, 1.54) is 18.4 Å². The highest BCUT2D eigenvalue weighted by Crippen LogP contribution is 2.33. The van der Waals surface area contributed by atoms with E-state index in [-0.39, 0.29) is 18.4 Å². The van der Waals surface area contributed by atoms with Gasteiger partial charge < -0.3 is 19.8 Å². The minimum atomic E-state index is -0.350. The van der Waals surface area contributed by atoms with E-state index in [1.54, 1.807) is 24.5 Å². The van der Waals surface area contributed by atoms with E-state index in [1.807, 2.05) is 32.9 Å². The van der Waals surface area contributed by atoms with Gasteiger partial charge in [0.05, 0.1) is 36.2 Å². The maximum atomic E-state index is 12.8. The smallest absolute Gasteiger partial charge is 0.262 e. The van der Waals surface area contributed by atoms with Gasteiger partial charge in [-0.25, -0.2) is 9.97 Å². The first-order chi connectivity index (χ1) is 15.4. The Morgan fingerprint density at radius 1 is 1.16 bits per heavy atom. The third kappa shape index (κ3) is 4.19. The normalized spacial score (nSPS) is 10.9. The second kappa shape index (κ2) is 8.80. The Hall–Kier alpha value is -3.72. The highest BCUT2D eigenvalue weighted by Gasteiger charge is 2.20. The van der Waals surface area contributed by atoms with Gasteiger partial charge in [0.15, 0.2) is 11.6 Å². The SMILES string of the molecule is COc1ccc(C)cc1NC(=O)CNC(=O)c1sc2nc(-c3ccco3)nc(C)c2c1C. The van der Waals surface area contributed by atoms with Crippen molar-refractivity contribution in [2.24, 2.45) is 0 Å². The quantitative estimate of drug-likeness (QED) is 0.455. The molecule has 8 nitrogen and oxygen atoms in total. The molecule has 0 saturated carbocycles. The van der Waals surface area contributed by atoms with E-state index in [4.69, 9.17) is 9.15 Å². The Morgan fingerprint density at radius 2 is 1.97 bits per heavy atom. The minimum Gasteiger partial charge on any atom is -0.495 e. The van der Waals surface area contributed by atoms with Crippen molar-refractivity contribution in [3.63, 3.8) is 0 Å². The van der Waals surface area contributed by atoms with Crippen LogP contribution in [0.2, 0.25) is 0 Å². The number of hydrogen-bond acceptors (Lipinski definition) is 7. The molecular formula is C23H22N4O4S. The molecule has 2 amide bonds. The lowest BCUT2D eigenvalue weighted by atomic mass is 10.1. The van der Waals surface area contributed by atoms with Crippen molar-refractivity contribution in [2.45, 2.75) is 20.8 Å². The standard InChI is InChI=1S/C23H22N4O4S/c1-12-7-8-16(30-4)15(10-12)26-18(28)11-24-22(29)20-13(2)19-14(3)25-21(27-23(19)32-20)17-6-5-9-31-17/h5-10H,11H2,1-4H3,(H,24,29)(H,26,28). The summed E-state index contributed by atoms with van der Waals surface area (Å²) in [5.41, 5.74) is 3.09. The lowest BCUT2D eigenvalue weighted by Crippen LogP contribution is -2.32. The zero-order chi connectivity index (χ0) is 22.8. The Bertz CT molecular complexity index is 1310.